The minimum atomic E-state index is -1.29. The first-order valence-electron chi connectivity index (χ1n) is 16.1. The van der Waals surface area contributed by atoms with Gasteiger partial charge in [0.2, 0.25) is 23.6 Å². The van der Waals surface area contributed by atoms with Crippen LogP contribution < -0.4 is 21.7 Å². The summed E-state index contributed by atoms with van der Waals surface area (Å²) in [6.07, 6.45) is 2.93. The molecule has 3 amide bonds. The smallest absolute Gasteiger partial charge is 0.357 e. The molecule has 0 radical (unpaired) electrons. The summed E-state index contributed by atoms with van der Waals surface area (Å²) < 4.78 is 11.3. The van der Waals surface area contributed by atoms with Gasteiger partial charge in [0.25, 0.3) is 5.91 Å². The molecular weight excluding hydrogens is 713 g/mol. The Hall–Kier alpha value is -5.56. The van der Waals surface area contributed by atoms with Gasteiger partial charge in [0.1, 0.15) is 39.7 Å². The molecule has 0 bridgehead atoms. The number of carbonyl (C=O) groups excluding carboxylic acids is 3. The van der Waals surface area contributed by atoms with Gasteiger partial charge in [0, 0.05) is 16.3 Å². The largest absolute Gasteiger partial charge is 0.476 e. The van der Waals surface area contributed by atoms with Gasteiger partial charge in [-0.25, -0.2) is 24.7 Å². The second kappa shape index (κ2) is 16.6. The van der Waals surface area contributed by atoms with Gasteiger partial charge < -0.3 is 40.7 Å². The number of thiazole rings is 2. The minimum Gasteiger partial charge on any atom is -0.476 e. The van der Waals surface area contributed by atoms with Crippen molar-refractivity contribution < 1.29 is 38.2 Å². The lowest BCUT2D eigenvalue weighted by Gasteiger charge is -2.25. The highest BCUT2D eigenvalue weighted by atomic mass is 32.1. The highest BCUT2D eigenvalue weighted by Crippen LogP contribution is 2.34. The van der Waals surface area contributed by atoms with Gasteiger partial charge in [0.15, 0.2) is 17.1 Å². The lowest BCUT2D eigenvalue weighted by atomic mass is 9.97. The summed E-state index contributed by atoms with van der Waals surface area (Å²) in [6.45, 7) is 6.46. The Morgan fingerprint density at radius 3 is 2.37 bits per heavy atom. The molecule has 7 N–H and O–H groups in total. The number of nitrogens with one attached hydrogen (secondary N) is 3. The van der Waals surface area contributed by atoms with Crippen molar-refractivity contribution >= 4 is 52.1 Å². The predicted molar refractivity (Wildman–Crippen MR) is 192 cm³/mol. The van der Waals surface area contributed by atoms with Crippen molar-refractivity contribution in [3.8, 4) is 33.6 Å². The van der Waals surface area contributed by atoms with Crippen molar-refractivity contribution in [1.29, 1.82) is 0 Å². The number of carbonyl (C=O) groups is 4. The highest BCUT2D eigenvalue weighted by Gasteiger charge is 2.32. The molecule has 272 valence electrons. The van der Waals surface area contributed by atoms with E-state index in [-0.39, 0.29) is 47.2 Å². The number of rotatable bonds is 15. The molecule has 0 spiro atoms. The second-order valence-corrected chi connectivity index (χ2v) is 13.3. The van der Waals surface area contributed by atoms with E-state index in [2.05, 4.69) is 35.9 Å². The number of nitrogens with zero attached hydrogens (tertiary/aromatic N) is 4. The number of hydrogen-bond donors (Lipinski definition) is 6. The Morgan fingerprint density at radius 2 is 1.71 bits per heavy atom. The van der Waals surface area contributed by atoms with Crippen LogP contribution in [-0.2, 0) is 9.59 Å². The van der Waals surface area contributed by atoms with E-state index in [4.69, 9.17) is 19.7 Å². The fourth-order valence-corrected chi connectivity index (χ4v) is 6.38. The maximum Gasteiger partial charge on any atom is 0.357 e. The van der Waals surface area contributed by atoms with Crippen molar-refractivity contribution in [3.63, 3.8) is 0 Å². The van der Waals surface area contributed by atoms with E-state index in [1.54, 1.807) is 48.9 Å². The number of oxazole rings is 2. The molecule has 16 nitrogen and oxygen atoms in total. The number of aromatic nitrogens is 4. The van der Waals surface area contributed by atoms with Crippen molar-refractivity contribution in [2.24, 2.45) is 11.7 Å². The number of amides is 3. The van der Waals surface area contributed by atoms with Crippen LogP contribution in [0.2, 0.25) is 0 Å². The van der Waals surface area contributed by atoms with Crippen LogP contribution in [0.3, 0.4) is 0 Å². The molecule has 5 aromatic rings. The van der Waals surface area contributed by atoms with Crippen LogP contribution in [0.1, 0.15) is 72.0 Å². The Balaban J connectivity index is 1.35. The van der Waals surface area contributed by atoms with Crippen LogP contribution in [0.4, 0.5) is 0 Å². The highest BCUT2D eigenvalue weighted by molar-refractivity contribution is 7.14. The average Bonchev–Trinajstić information content (AvgIpc) is 3.98. The third kappa shape index (κ3) is 8.48. The number of nitrogens with two attached hydrogens (primary N) is 1. The summed E-state index contributed by atoms with van der Waals surface area (Å²) >= 11 is 2.60. The Morgan fingerprint density at radius 1 is 0.981 bits per heavy atom. The molecule has 4 heterocycles. The third-order valence-electron chi connectivity index (χ3n) is 7.89. The second-order valence-electron chi connectivity index (χ2n) is 11.6. The van der Waals surface area contributed by atoms with Crippen LogP contribution in [-0.4, -0.2) is 72.5 Å². The van der Waals surface area contributed by atoms with Crippen LogP contribution in [0, 0.1) is 5.92 Å². The van der Waals surface area contributed by atoms with E-state index in [0.717, 1.165) is 6.26 Å². The van der Waals surface area contributed by atoms with Gasteiger partial charge in [-0.2, -0.15) is 0 Å². The molecule has 4 aromatic heterocycles. The van der Waals surface area contributed by atoms with E-state index in [0.29, 0.717) is 33.4 Å². The number of carboxylic acid groups (broad SMARTS) is 1. The number of benzene rings is 1. The van der Waals surface area contributed by atoms with Crippen LogP contribution >= 0.6 is 22.7 Å². The quantitative estimate of drug-likeness (QED) is 0.0884. The monoisotopic (exact) mass is 748 g/mol. The molecule has 0 saturated heterocycles. The Labute approximate surface area is 305 Å². The molecular formula is C34H36N8O8S2. The molecule has 1 aromatic carbocycles. The third-order valence-corrected chi connectivity index (χ3v) is 9.73. The van der Waals surface area contributed by atoms with Crippen LogP contribution in [0.25, 0.3) is 39.3 Å². The first-order valence-corrected chi connectivity index (χ1v) is 17.8. The molecule has 5 rings (SSSR count). The van der Waals surface area contributed by atoms with Gasteiger partial charge in [-0.3, -0.25) is 14.4 Å². The number of carboxylic acids is 1. The fraction of sp³-hybridized carbons (Fsp3) is 0.294. The van der Waals surface area contributed by atoms with Crippen molar-refractivity contribution in [3.05, 3.63) is 75.7 Å². The Kier molecular flexibility index (Phi) is 12.1. The topological polar surface area (TPSA) is 249 Å². The number of aliphatic hydroxyl groups is 1. The molecule has 0 aliphatic heterocycles. The zero-order valence-corrected chi connectivity index (χ0v) is 30.1. The molecule has 18 heteroatoms. The molecule has 52 heavy (non-hydrogen) atoms. The molecule has 0 aliphatic carbocycles. The summed E-state index contributed by atoms with van der Waals surface area (Å²) in [6, 6.07) is 6.14. The fourth-order valence-electron chi connectivity index (χ4n) is 4.76. The zero-order chi connectivity index (χ0) is 37.5. The van der Waals surface area contributed by atoms with Crippen molar-refractivity contribution in [1.82, 2.24) is 35.9 Å². The summed E-state index contributed by atoms with van der Waals surface area (Å²) in [4.78, 5) is 69.3. The van der Waals surface area contributed by atoms with E-state index < -0.39 is 41.8 Å². The number of allylic oxidation sites excluding steroid dienone is 1. The molecule has 0 unspecified atom stereocenters. The van der Waals surface area contributed by atoms with E-state index in [1.165, 1.54) is 35.7 Å². The number of aromatic carboxylic acids is 1. The predicted octanol–water partition coefficient (Wildman–Crippen LogP) is 4.09. The average molecular weight is 749 g/mol. The van der Waals surface area contributed by atoms with E-state index in [9.17, 15) is 24.3 Å². The normalized spacial score (nSPS) is 13.9. The van der Waals surface area contributed by atoms with Gasteiger partial charge in [-0.15, -0.1) is 22.7 Å². The maximum absolute atomic E-state index is 13.9. The van der Waals surface area contributed by atoms with Gasteiger partial charge >= 0.3 is 5.97 Å². The molecule has 0 aliphatic rings. The van der Waals surface area contributed by atoms with Gasteiger partial charge in [-0.1, -0.05) is 56.7 Å². The summed E-state index contributed by atoms with van der Waals surface area (Å²) in [7, 11) is 0. The first kappa shape index (κ1) is 37.7. The zero-order valence-electron chi connectivity index (χ0n) is 28.4. The molecule has 4 atom stereocenters. The summed E-state index contributed by atoms with van der Waals surface area (Å²) in [5, 5.41) is 31.2. The van der Waals surface area contributed by atoms with Crippen molar-refractivity contribution in [2.75, 3.05) is 6.61 Å². The van der Waals surface area contributed by atoms with Gasteiger partial charge in [0.05, 0.1) is 18.3 Å². The van der Waals surface area contributed by atoms with E-state index >= 15 is 0 Å². The number of aliphatic hydroxyl groups excluding tert-OH is 1. The van der Waals surface area contributed by atoms with Crippen LogP contribution in [0.5, 0.6) is 0 Å². The van der Waals surface area contributed by atoms with Crippen molar-refractivity contribution in [2.45, 2.75) is 52.2 Å². The summed E-state index contributed by atoms with van der Waals surface area (Å²) in [5.74, 6) is -3.46. The van der Waals surface area contributed by atoms with Crippen LogP contribution in [0.15, 0.2) is 62.3 Å². The Bertz CT molecular complexity index is 2090. The molecule has 0 fully saturated rings. The van der Waals surface area contributed by atoms with E-state index in [1.807, 2.05) is 13.0 Å². The lowest BCUT2D eigenvalue weighted by molar-refractivity contribution is -0.129. The SMILES string of the molecule is C/C=C(\NC(=O)[C@H](C)NC(=O)[C@H](NC(=O)c1nc(-c2csc(-c3csc([C@@H](N)CO)n3)n2)oc1-c1ccccc1)[C@@H](C)CC)c1nc(C(=O)O)co1. The number of hydrogen-bond acceptors (Lipinski definition) is 14. The lowest BCUT2D eigenvalue weighted by Crippen LogP contribution is -2.54. The minimum absolute atomic E-state index is 0.0723. The molecule has 0 saturated carbocycles. The first-order chi connectivity index (χ1) is 24.9. The standard InChI is InChI=1S/C34H36N8O8S2/c1-5-16(3)24(28(45)36-17(4)27(44)37-20(6-2)30-38-21(13-49-30)34(47)48)41-29(46)25-26(18-10-8-7-9-11-18)50-31(42-25)22-14-52-33(39-22)23-15-51-32(40-23)19(35)12-43/h6-11,13-17,19,24,43H,5,12,35H2,1-4H3,(H,36,45)(H,37,44)(H,41,46)(H,47,48)/b20-6-/t16-,17-,19-,24+/m0/s1. The summed E-state index contributed by atoms with van der Waals surface area (Å²) in [5.41, 5.74) is 7.11. The maximum atomic E-state index is 13.9. The van der Waals surface area contributed by atoms with Gasteiger partial charge in [-0.05, 0) is 19.8 Å².